The Hall–Kier alpha value is -0.0800. The summed E-state index contributed by atoms with van der Waals surface area (Å²) in [6.07, 6.45) is 4.79. The van der Waals surface area contributed by atoms with Gasteiger partial charge in [-0.25, -0.2) is 0 Å². The third kappa shape index (κ3) is 4.98. The van der Waals surface area contributed by atoms with Crippen LogP contribution in [0.2, 0.25) is 0 Å². The normalized spacial score (nSPS) is 33.0. The van der Waals surface area contributed by atoms with E-state index in [0.717, 1.165) is 24.8 Å². The second-order valence-corrected chi connectivity index (χ2v) is 5.98. The van der Waals surface area contributed by atoms with Crippen molar-refractivity contribution in [2.75, 3.05) is 6.54 Å². The molecule has 15 heavy (non-hydrogen) atoms. The maximum Gasteiger partial charge on any atom is 0.0603 e. The number of nitrogens with one attached hydrogen (secondary N) is 1. The number of hydrogen-bond donors (Lipinski definition) is 2. The van der Waals surface area contributed by atoms with E-state index in [2.05, 4.69) is 19.2 Å². The van der Waals surface area contributed by atoms with Crippen molar-refractivity contribution in [2.45, 2.75) is 65.0 Å². The second kappa shape index (κ2) is 5.31. The summed E-state index contributed by atoms with van der Waals surface area (Å²) in [6, 6.07) is 0.679. The fourth-order valence-corrected chi connectivity index (χ4v) is 2.32. The second-order valence-electron chi connectivity index (χ2n) is 5.98. The standard InChI is InChI=1S/C13H27NO/c1-10-5-6-12(9-11(10)2)14-8-7-13(3,4)15/h10-12,14-15H,5-9H2,1-4H3. The number of aliphatic hydroxyl groups is 1. The average molecular weight is 213 g/mol. The molecule has 1 aliphatic carbocycles. The van der Waals surface area contributed by atoms with Crippen molar-refractivity contribution in [1.82, 2.24) is 5.32 Å². The van der Waals surface area contributed by atoms with Gasteiger partial charge < -0.3 is 10.4 Å². The van der Waals surface area contributed by atoms with Gasteiger partial charge in [0.25, 0.3) is 0 Å². The van der Waals surface area contributed by atoms with E-state index in [0.29, 0.717) is 6.04 Å². The van der Waals surface area contributed by atoms with Crippen molar-refractivity contribution in [3.63, 3.8) is 0 Å². The smallest absolute Gasteiger partial charge is 0.0603 e. The van der Waals surface area contributed by atoms with Gasteiger partial charge in [-0.15, -0.1) is 0 Å². The Labute approximate surface area is 94.5 Å². The molecule has 1 fully saturated rings. The molecule has 1 saturated carbocycles. The molecule has 0 heterocycles. The van der Waals surface area contributed by atoms with E-state index < -0.39 is 5.60 Å². The molecule has 1 rings (SSSR count). The highest BCUT2D eigenvalue weighted by atomic mass is 16.3. The van der Waals surface area contributed by atoms with Crippen molar-refractivity contribution < 1.29 is 5.11 Å². The van der Waals surface area contributed by atoms with Gasteiger partial charge in [0.2, 0.25) is 0 Å². The first-order chi connectivity index (χ1) is 6.88. The fraction of sp³-hybridized carbons (Fsp3) is 1.00. The molecular weight excluding hydrogens is 186 g/mol. The highest BCUT2D eigenvalue weighted by Crippen LogP contribution is 2.29. The van der Waals surface area contributed by atoms with Crippen molar-refractivity contribution >= 4 is 0 Å². The van der Waals surface area contributed by atoms with Crippen molar-refractivity contribution in [2.24, 2.45) is 11.8 Å². The minimum absolute atomic E-state index is 0.527. The Kier molecular flexibility index (Phi) is 4.60. The lowest BCUT2D eigenvalue weighted by molar-refractivity contribution is 0.0691. The molecule has 1 aliphatic rings. The van der Waals surface area contributed by atoms with Crippen molar-refractivity contribution in [1.29, 1.82) is 0 Å². The molecule has 0 spiro atoms. The van der Waals surface area contributed by atoms with Crippen LogP contribution >= 0.6 is 0 Å². The lowest BCUT2D eigenvalue weighted by Crippen LogP contribution is -2.38. The van der Waals surface area contributed by atoms with Gasteiger partial charge in [0.05, 0.1) is 5.60 Å². The molecule has 0 aromatic rings. The van der Waals surface area contributed by atoms with E-state index in [1.807, 2.05) is 13.8 Å². The number of rotatable bonds is 4. The van der Waals surface area contributed by atoms with Gasteiger partial charge >= 0.3 is 0 Å². The summed E-state index contributed by atoms with van der Waals surface area (Å²) < 4.78 is 0. The predicted octanol–water partition coefficient (Wildman–Crippen LogP) is 2.56. The van der Waals surface area contributed by atoms with Crippen LogP contribution in [0.25, 0.3) is 0 Å². The van der Waals surface area contributed by atoms with Crippen LogP contribution in [0.3, 0.4) is 0 Å². The maximum atomic E-state index is 9.60. The van der Waals surface area contributed by atoms with Gasteiger partial charge in [-0.1, -0.05) is 13.8 Å². The third-order valence-electron chi connectivity index (χ3n) is 3.77. The van der Waals surface area contributed by atoms with Crippen LogP contribution in [0, 0.1) is 11.8 Å². The Balaban J connectivity index is 2.17. The molecule has 0 aromatic carbocycles. The number of hydrogen-bond acceptors (Lipinski definition) is 2. The van der Waals surface area contributed by atoms with E-state index >= 15 is 0 Å². The molecule has 0 bridgehead atoms. The van der Waals surface area contributed by atoms with Crippen molar-refractivity contribution in [3.8, 4) is 0 Å². The summed E-state index contributed by atoms with van der Waals surface area (Å²) in [5.41, 5.74) is -0.527. The van der Waals surface area contributed by atoms with E-state index in [1.54, 1.807) is 0 Å². The molecule has 0 aliphatic heterocycles. The Morgan fingerprint density at radius 2 is 1.87 bits per heavy atom. The molecule has 0 aromatic heterocycles. The zero-order valence-corrected chi connectivity index (χ0v) is 10.7. The Morgan fingerprint density at radius 3 is 2.40 bits per heavy atom. The third-order valence-corrected chi connectivity index (χ3v) is 3.77. The summed E-state index contributed by atoms with van der Waals surface area (Å²) in [5.74, 6) is 1.73. The van der Waals surface area contributed by atoms with Crippen molar-refractivity contribution in [3.05, 3.63) is 0 Å². The SMILES string of the molecule is CC1CCC(NCCC(C)(C)O)CC1C. The summed E-state index contributed by atoms with van der Waals surface area (Å²) >= 11 is 0. The summed E-state index contributed by atoms with van der Waals surface area (Å²) in [7, 11) is 0. The molecule has 0 saturated heterocycles. The largest absolute Gasteiger partial charge is 0.390 e. The molecule has 0 radical (unpaired) electrons. The van der Waals surface area contributed by atoms with E-state index in [1.165, 1.54) is 19.3 Å². The van der Waals surface area contributed by atoms with Crippen LogP contribution in [0.15, 0.2) is 0 Å². The fourth-order valence-electron chi connectivity index (χ4n) is 2.32. The predicted molar refractivity (Wildman–Crippen MR) is 64.9 cm³/mol. The monoisotopic (exact) mass is 213 g/mol. The lowest BCUT2D eigenvalue weighted by atomic mass is 9.79. The molecule has 3 atom stereocenters. The minimum Gasteiger partial charge on any atom is -0.390 e. The van der Waals surface area contributed by atoms with Crippen LogP contribution in [0.4, 0.5) is 0 Å². The van der Waals surface area contributed by atoms with Crippen LogP contribution < -0.4 is 5.32 Å². The van der Waals surface area contributed by atoms with Gasteiger partial charge in [-0.05, 0) is 57.9 Å². The van der Waals surface area contributed by atoms with E-state index in [9.17, 15) is 5.11 Å². The Morgan fingerprint density at radius 1 is 1.20 bits per heavy atom. The Bertz CT molecular complexity index is 185. The lowest BCUT2D eigenvalue weighted by Gasteiger charge is -2.33. The molecule has 3 unspecified atom stereocenters. The zero-order valence-electron chi connectivity index (χ0n) is 10.7. The highest BCUT2D eigenvalue weighted by Gasteiger charge is 2.24. The first-order valence-corrected chi connectivity index (χ1v) is 6.34. The summed E-state index contributed by atoms with van der Waals surface area (Å²) in [6.45, 7) is 9.40. The quantitative estimate of drug-likeness (QED) is 0.752. The molecular formula is C13H27NO. The van der Waals surface area contributed by atoms with Crippen LogP contribution in [-0.2, 0) is 0 Å². The van der Waals surface area contributed by atoms with Gasteiger partial charge in [-0.3, -0.25) is 0 Å². The molecule has 2 heteroatoms. The van der Waals surface area contributed by atoms with Crippen LogP contribution in [-0.4, -0.2) is 23.3 Å². The van der Waals surface area contributed by atoms with Crippen LogP contribution in [0.5, 0.6) is 0 Å². The zero-order chi connectivity index (χ0) is 11.5. The van der Waals surface area contributed by atoms with E-state index in [-0.39, 0.29) is 0 Å². The van der Waals surface area contributed by atoms with Gasteiger partial charge in [0, 0.05) is 6.04 Å². The summed E-state index contributed by atoms with van der Waals surface area (Å²) in [4.78, 5) is 0. The molecule has 90 valence electrons. The highest BCUT2D eigenvalue weighted by molar-refractivity contribution is 4.80. The van der Waals surface area contributed by atoms with Gasteiger partial charge in [0.1, 0.15) is 0 Å². The minimum atomic E-state index is -0.527. The summed E-state index contributed by atoms with van der Waals surface area (Å²) in [5, 5.41) is 13.2. The first-order valence-electron chi connectivity index (χ1n) is 6.34. The molecule has 0 amide bonds. The first kappa shape index (κ1) is 13.0. The molecule has 2 nitrogen and oxygen atoms in total. The average Bonchev–Trinajstić information content (AvgIpc) is 2.09. The maximum absolute atomic E-state index is 9.60. The molecule has 2 N–H and O–H groups in total. The van der Waals surface area contributed by atoms with Crippen LogP contribution in [0.1, 0.15) is 53.4 Å². The van der Waals surface area contributed by atoms with Gasteiger partial charge in [-0.2, -0.15) is 0 Å². The van der Waals surface area contributed by atoms with E-state index in [4.69, 9.17) is 0 Å². The topological polar surface area (TPSA) is 32.3 Å². The van der Waals surface area contributed by atoms with Gasteiger partial charge in [0.15, 0.2) is 0 Å².